The van der Waals surface area contributed by atoms with Crippen LogP contribution in [0.4, 0.5) is 0 Å². The highest BCUT2D eigenvalue weighted by molar-refractivity contribution is 5.85. The number of nitrogens with two attached hydrogens (primary N) is 1. The summed E-state index contributed by atoms with van der Waals surface area (Å²) in [5.74, 6) is 0.0559. The second-order valence-corrected chi connectivity index (χ2v) is 4.72. The van der Waals surface area contributed by atoms with Crippen LogP contribution >= 0.6 is 12.4 Å². The molecular formula is C14H20ClNO2. The zero-order valence-electron chi connectivity index (χ0n) is 10.5. The number of benzene rings is 1. The minimum Gasteiger partial charge on any atom is -0.469 e. The SMILES string of the molecule is COC(=O)[C@H]1CC[C@@H](N)C[C@H]1c1ccccc1.Cl. The summed E-state index contributed by atoms with van der Waals surface area (Å²) >= 11 is 0. The van der Waals surface area contributed by atoms with Crippen molar-refractivity contribution < 1.29 is 9.53 Å². The van der Waals surface area contributed by atoms with Crippen LogP contribution in [-0.4, -0.2) is 19.1 Å². The highest BCUT2D eigenvalue weighted by Crippen LogP contribution is 2.37. The topological polar surface area (TPSA) is 52.3 Å². The lowest BCUT2D eigenvalue weighted by Crippen LogP contribution is -2.36. The average Bonchev–Trinajstić information content (AvgIpc) is 2.39. The van der Waals surface area contributed by atoms with Gasteiger partial charge in [0, 0.05) is 6.04 Å². The maximum atomic E-state index is 11.8. The first-order valence-corrected chi connectivity index (χ1v) is 6.10. The summed E-state index contributed by atoms with van der Waals surface area (Å²) < 4.78 is 4.90. The van der Waals surface area contributed by atoms with Gasteiger partial charge in [-0.1, -0.05) is 30.3 Å². The lowest BCUT2D eigenvalue weighted by Gasteiger charge is -2.33. The summed E-state index contributed by atoms with van der Waals surface area (Å²) in [7, 11) is 1.46. The minimum atomic E-state index is -0.106. The van der Waals surface area contributed by atoms with E-state index in [-0.39, 0.29) is 36.3 Å². The fourth-order valence-electron chi connectivity index (χ4n) is 2.71. The third kappa shape index (κ3) is 3.24. The van der Waals surface area contributed by atoms with Crippen LogP contribution in [0.15, 0.2) is 30.3 Å². The van der Waals surface area contributed by atoms with Gasteiger partial charge in [0.2, 0.25) is 0 Å². The molecule has 1 aliphatic carbocycles. The second kappa shape index (κ2) is 6.76. The van der Waals surface area contributed by atoms with E-state index in [9.17, 15) is 4.79 Å². The highest BCUT2D eigenvalue weighted by atomic mass is 35.5. The van der Waals surface area contributed by atoms with Crippen molar-refractivity contribution in [2.24, 2.45) is 11.7 Å². The maximum absolute atomic E-state index is 11.8. The van der Waals surface area contributed by atoms with Crippen molar-refractivity contribution in [2.45, 2.75) is 31.2 Å². The molecule has 2 rings (SSSR count). The van der Waals surface area contributed by atoms with Crippen molar-refractivity contribution in [3.63, 3.8) is 0 Å². The molecule has 3 atom stereocenters. The Morgan fingerprint density at radius 1 is 1.28 bits per heavy atom. The van der Waals surface area contributed by atoms with Crippen molar-refractivity contribution in [1.82, 2.24) is 0 Å². The van der Waals surface area contributed by atoms with Gasteiger partial charge in [0.05, 0.1) is 13.0 Å². The van der Waals surface area contributed by atoms with Gasteiger partial charge in [-0.15, -0.1) is 12.4 Å². The molecule has 3 nitrogen and oxygen atoms in total. The molecule has 18 heavy (non-hydrogen) atoms. The molecule has 0 bridgehead atoms. The lowest BCUT2D eigenvalue weighted by atomic mass is 9.74. The van der Waals surface area contributed by atoms with E-state index in [4.69, 9.17) is 10.5 Å². The molecule has 4 heteroatoms. The zero-order chi connectivity index (χ0) is 12.3. The van der Waals surface area contributed by atoms with Gasteiger partial charge in [-0.05, 0) is 30.7 Å². The lowest BCUT2D eigenvalue weighted by molar-refractivity contribution is -0.147. The monoisotopic (exact) mass is 269 g/mol. The van der Waals surface area contributed by atoms with Crippen LogP contribution in [0.25, 0.3) is 0 Å². The summed E-state index contributed by atoms with van der Waals surface area (Å²) in [6.45, 7) is 0. The predicted molar refractivity (Wildman–Crippen MR) is 73.8 cm³/mol. The summed E-state index contributed by atoms with van der Waals surface area (Å²) in [6, 6.07) is 10.3. The zero-order valence-corrected chi connectivity index (χ0v) is 11.4. The van der Waals surface area contributed by atoms with Crippen molar-refractivity contribution in [3.8, 4) is 0 Å². The molecular weight excluding hydrogens is 250 g/mol. The van der Waals surface area contributed by atoms with Gasteiger partial charge < -0.3 is 10.5 Å². The number of carbonyl (C=O) groups is 1. The maximum Gasteiger partial charge on any atom is 0.309 e. The molecule has 0 amide bonds. The summed E-state index contributed by atoms with van der Waals surface area (Å²) in [6.07, 6.45) is 2.60. The molecule has 0 heterocycles. The van der Waals surface area contributed by atoms with E-state index in [1.165, 1.54) is 12.7 Å². The average molecular weight is 270 g/mol. The summed E-state index contributed by atoms with van der Waals surface area (Å²) in [5, 5.41) is 0. The molecule has 100 valence electrons. The number of rotatable bonds is 2. The van der Waals surface area contributed by atoms with Crippen molar-refractivity contribution in [1.29, 1.82) is 0 Å². The van der Waals surface area contributed by atoms with Crippen LogP contribution in [0.2, 0.25) is 0 Å². The Labute approximate surface area is 114 Å². The number of methoxy groups -OCH3 is 1. The van der Waals surface area contributed by atoms with Gasteiger partial charge in [-0.25, -0.2) is 0 Å². The third-order valence-electron chi connectivity index (χ3n) is 3.62. The van der Waals surface area contributed by atoms with E-state index in [0.717, 1.165) is 19.3 Å². The minimum absolute atomic E-state index is 0. The van der Waals surface area contributed by atoms with Crippen LogP contribution in [0, 0.1) is 5.92 Å². The molecule has 1 fully saturated rings. The van der Waals surface area contributed by atoms with Crippen LogP contribution < -0.4 is 5.73 Å². The first kappa shape index (κ1) is 15.0. The standard InChI is InChI=1S/C14H19NO2.ClH/c1-17-14(16)12-8-7-11(15)9-13(12)10-5-3-2-4-6-10;/h2-6,11-13H,7-9,15H2,1H3;1H/t11-,12+,13+;/m1./s1. The van der Waals surface area contributed by atoms with Gasteiger partial charge in [0.15, 0.2) is 0 Å². The molecule has 0 unspecified atom stereocenters. The van der Waals surface area contributed by atoms with Gasteiger partial charge in [0.25, 0.3) is 0 Å². The van der Waals surface area contributed by atoms with E-state index in [1.54, 1.807) is 0 Å². The smallest absolute Gasteiger partial charge is 0.309 e. The van der Waals surface area contributed by atoms with E-state index in [1.807, 2.05) is 18.2 Å². The van der Waals surface area contributed by atoms with Crippen LogP contribution in [-0.2, 0) is 9.53 Å². The van der Waals surface area contributed by atoms with Crippen LogP contribution in [0.3, 0.4) is 0 Å². The molecule has 0 aliphatic heterocycles. The molecule has 0 radical (unpaired) electrons. The van der Waals surface area contributed by atoms with Crippen LogP contribution in [0.1, 0.15) is 30.7 Å². The third-order valence-corrected chi connectivity index (χ3v) is 3.62. The summed E-state index contributed by atoms with van der Waals surface area (Å²) in [4.78, 5) is 11.8. The quantitative estimate of drug-likeness (QED) is 0.840. The van der Waals surface area contributed by atoms with Gasteiger partial charge >= 0.3 is 5.97 Å². The fourth-order valence-corrected chi connectivity index (χ4v) is 2.71. The molecule has 0 saturated heterocycles. The van der Waals surface area contributed by atoms with E-state index in [0.29, 0.717) is 0 Å². The molecule has 0 aromatic heterocycles. The number of ether oxygens (including phenoxy) is 1. The Morgan fingerprint density at radius 2 is 1.94 bits per heavy atom. The molecule has 0 spiro atoms. The number of hydrogen-bond acceptors (Lipinski definition) is 3. The first-order valence-electron chi connectivity index (χ1n) is 6.10. The van der Waals surface area contributed by atoms with E-state index < -0.39 is 0 Å². The molecule has 1 aromatic rings. The molecule has 1 aliphatic rings. The number of esters is 1. The largest absolute Gasteiger partial charge is 0.469 e. The molecule has 2 N–H and O–H groups in total. The van der Waals surface area contributed by atoms with E-state index in [2.05, 4.69) is 12.1 Å². The highest BCUT2D eigenvalue weighted by Gasteiger charge is 2.35. The predicted octanol–water partition coefficient (Wildman–Crippen LogP) is 2.49. The Hall–Kier alpha value is -1.06. The normalized spacial score (nSPS) is 27.1. The Kier molecular flexibility index (Phi) is 5.63. The Balaban J connectivity index is 0.00000162. The molecule has 1 aromatic carbocycles. The van der Waals surface area contributed by atoms with Crippen LogP contribution in [0.5, 0.6) is 0 Å². The molecule has 1 saturated carbocycles. The number of carbonyl (C=O) groups excluding carboxylic acids is 1. The van der Waals surface area contributed by atoms with Crippen molar-refractivity contribution in [2.75, 3.05) is 7.11 Å². The van der Waals surface area contributed by atoms with Crippen molar-refractivity contribution in [3.05, 3.63) is 35.9 Å². The van der Waals surface area contributed by atoms with Gasteiger partial charge in [-0.3, -0.25) is 4.79 Å². The number of halogens is 1. The Morgan fingerprint density at radius 3 is 2.56 bits per heavy atom. The van der Waals surface area contributed by atoms with Gasteiger partial charge in [-0.2, -0.15) is 0 Å². The van der Waals surface area contributed by atoms with E-state index >= 15 is 0 Å². The Bertz CT molecular complexity index is 383. The van der Waals surface area contributed by atoms with Gasteiger partial charge in [0.1, 0.15) is 0 Å². The fraction of sp³-hybridized carbons (Fsp3) is 0.500. The second-order valence-electron chi connectivity index (χ2n) is 4.72. The first-order chi connectivity index (χ1) is 8.22. The number of hydrogen-bond donors (Lipinski definition) is 1. The van der Waals surface area contributed by atoms with Crippen molar-refractivity contribution >= 4 is 18.4 Å². The summed E-state index contributed by atoms with van der Waals surface area (Å²) in [5.41, 5.74) is 7.21.